The van der Waals surface area contributed by atoms with E-state index in [1.807, 2.05) is 19.1 Å². The number of aromatic amines is 1. The van der Waals surface area contributed by atoms with Crippen LogP contribution in [0, 0.1) is 5.82 Å². The van der Waals surface area contributed by atoms with E-state index in [0.29, 0.717) is 60.8 Å². The number of carbonyl (C=O) groups excluding carboxylic acids is 1. The first kappa shape index (κ1) is 24.3. The Hall–Kier alpha value is -3.85. The van der Waals surface area contributed by atoms with Gasteiger partial charge < -0.3 is 30.2 Å². The average Bonchev–Trinajstić information content (AvgIpc) is 3.22. The van der Waals surface area contributed by atoms with Crippen LogP contribution in [-0.4, -0.2) is 47.8 Å². The van der Waals surface area contributed by atoms with Gasteiger partial charge in [0, 0.05) is 37.0 Å². The summed E-state index contributed by atoms with van der Waals surface area (Å²) in [6.45, 7) is 3.03. The third-order valence-corrected chi connectivity index (χ3v) is 5.82. The van der Waals surface area contributed by atoms with Crippen molar-refractivity contribution in [3.05, 3.63) is 65.4 Å². The lowest BCUT2D eigenvalue weighted by molar-refractivity contribution is 0.0947. The van der Waals surface area contributed by atoms with Gasteiger partial charge >= 0.3 is 0 Å². The van der Waals surface area contributed by atoms with Gasteiger partial charge in [-0.3, -0.25) is 9.78 Å². The molecule has 35 heavy (non-hydrogen) atoms. The standard InChI is InChI=1S/C26H29FN4O4/c1-16(10-13-32)5-4-14-35-21-15-28-11-8-17(21)23-24(22-19(30-23)9-12-29-26(22)33)31-20-7-3-6-18(27)25(20)34-2/h3,5-8,11,15,30-32H,4,9-10,12-14H2,1-2H3,(H,29,33)/b16-5-. The molecular formula is C26H29FN4O4. The summed E-state index contributed by atoms with van der Waals surface area (Å²) in [5.41, 5.74) is 4.63. The van der Waals surface area contributed by atoms with Crippen LogP contribution in [0.5, 0.6) is 11.5 Å². The number of amides is 1. The molecule has 9 heteroatoms. The second-order valence-electron chi connectivity index (χ2n) is 8.21. The molecule has 0 saturated carbocycles. The third-order valence-electron chi connectivity index (χ3n) is 5.82. The molecular weight excluding hydrogens is 451 g/mol. The summed E-state index contributed by atoms with van der Waals surface area (Å²) in [6.07, 6.45) is 7.26. The number of anilines is 2. The first-order chi connectivity index (χ1) is 17.0. The minimum absolute atomic E-state index is 0.0563. The van der Waals surface area contributed by atoms with Gasteiger partial charge in [-0.1, -0.05) is 17.7 Å². The van der Waals surface area contributed by atoms with Crippen LogP contribution in [-0.2, 0) is 6.42 Å². The van der Waals surface area contributed by atoms with Gasteiger partial charge in [0.05, 0.1) is 42.5 Å². The highest BCUT2D eigenvalue weighted by atomic mass is 19.1. The van der Waals surface area contributed by atoms with Crippen LogP contribution < -0.4 is 20.1 Å². The highest BCUT2D eigenvalue weighted by Gasteiger charge is 2.28. The van der Waals surface area contributed by atoms with Gasteiger partial charge in [0.1, 0.15) is 5.75 Å². The van der Waals surface area contributed by atoms with Crippen molar-refractivity contribution in [2.24, 2.45) is 0 Å². The Morgan fingerprint density at radius 3 is 3.00 bits per heavy atom. The SMILES string of the molecule is COc1c(F)cccc1Nc1c(-c2ccncc2OCC/C=C(/C)CCO)[nH]c2c1C(=O)NCC2. The number of H-pyrrole nitrogens is 1. The van der Waals surface area contributed by atoms with Gasteiger partial charge in [-0.2, -0.15) is 0 Å². The van der Waals surface area contributed by atoms with Crippen molar-refractivity contribution in [3.8, 4) is 22.8 Å². The number of hydrogen-bond donors (Lipinski definition) is 4. The summed E-state index contributed by atoms with van der Waals surface area (Å²) < 4.78 is 25.7. The van der Waals surface area contributed by atoms with E-state index >= 15 is 0 Å². The van der Waals surface area contributed by atoms with Crippen molar-refractivity contribution < 1.29 is 23.8 Å². The first-order valence-electron chi connectivity index (χ1n) is 11.5. The number of fused-ring (bicyclic) bond motifs is 1. The molecule has 0 fully saturated rings. The Labute approximate surface area is 203 Å². The normalized spacial score (nSPS) is 13.3. The van der Waals surface area contributed by atoms with Gasteiger partial charge in [0.25, 0.3) is 5.91 Å². The van der Waals surface area contributed by atoms with Crippen molar-refractivity contribution in [1.82, 2.24) is 15.3 Å². The van der Waals surface area contributed by atoms with Crippen LogP contribution in [0.2, 0.25) is 0 Å². The fraction of sp³-hybridized carbons (Fsp3) is 0.308. The van der Waals surface area contributed by atoms with E-state index in [-0.39, 0.29) is 18.3 Å². The third kappa shape index (κ3) is 5.30. The summed E-state index contributed by atoms with van der Waals surface area (Å²) in [4.78, 5) is 20.4. The number of methoxy groups -OCH3 is 1. The van der Waals surface area contributed by atoms with Gasteiger partial charge in [0.2, 0.25) is 0 Å². The fourth-order valence-electron chi connectivity index (χ4n) is 4.11. The molecule has 0 bridgehead atoms. The van der Waals surface area contributed by atoms with Gasteiger partial charge in [0.15, 0.2) is 11.6 Å². The number of aromatic nitrogens is 2. The lowest BCUT2D eigenvalue weighted by Crippen LogP contribution is -2.31. The molecule has 8 nitrogen and oxygen atoms in total. The van der Waals surface area contributed by atoms with Crippen LogP contribution in [0.25, 0.3) is 11.3 Å². The van der Waals surface area contributed by atoms with E-state index in [1.165, 1.54) is 13.2 Å². The van der Waals surface area contributed by atoms with E-state index in [2.05, 4.69) is 20.6 Å². The molecule has 2 aromatic heterocycles. The highest BCUT2D eigenvalue weighted by molar-refractivity contribution is 6.06. The lowest BCUT2D eigenvalue weighted by Gasteiger charge is -2.17. The van der Waals surface area contributed by atoms with Gasteiger partial charge in [-0.15, -0.1) is 0 Å². The molecule has 0 atom stereocenters. The number of nitrogens with zero attached hydrogens (tertiary/aromatic N) is 1. The van der Waals surface area contributed by atoms with Crippen LogP contribution in [0.1, 0.15) is 35.8 Å². The summed E-state index contributed by atoms with van der Waals surface area (Å²) >= 11 is 0. The van der Waals surface area contributed by atoms with Crippen LogP contribution >= 0.6 is 0 Å². The topological polar surface area (TPSA) is 108 Å². The Balaban J connectivity index is 1.72. The molecule has 0 spiro atoms. The Morgan fingerprint density at radius 1 is 1.34 bits per heavy atom. The smallest absolute Gasteiger partial charge is 0.255 e. The molecule has 4 N–H and O–H groups in total. The molecule has 1 aliphatic rings. The molecule has 1 aliphatic heterocycles. The Morgan fingerprint density at radius 2 is 2.20 bits per heavy atom. The van der Waals surface area contributed by atoms with Gasteiger partial charge in [-0.25, -0.2) is 4.39 Å². The number of rotatable bonds is 10. The number of nitrogens with one attached hydrogen (secondary N) is 3. The van der Waals surface area contributed by atoms with Crippen LogP contribution in [0.4, 0.5) is 15.8 Å². The van der Waals surface area contributed by atoms with Crippen molar-refractivity contribution in [3.63, 3.8) is 0 Å². The monoisotopic (exact) mass is 480 g/mol. The molecule has 0 unspecified atom stereocenters. The maximum Gasteiger partial charge on any atom is 0.255 e. The highest BCUT2D eigenvalue weighted by Crippen LogP contribution is 2.41. The lowest BCUT2D eigenvalue weighted by atomic mass is 10.0. The number of aliphatic hydroxyl groups is 1. The van der Waals surface area contributed by atoms with E-state index < -0.39 is 5.82 Å². The predicted octanol–water partition coefficient (Wildman–Crippen LogP) is 4.35. The number of para-hydroxylation sites is 1. The number of hydrogen-bond acceptors (Lipinski definition) is 6. The largest absolute Gasteiger partial charge is 0.492 e. The number of aliphatic hydroxyl groups excluding tert-OH is 1. The Bertz CT molecular complexity index is 1240. The fourth-order valence-corrected chi connectivity index (χ4v) is 4.11. The van der Waals surface area contributed by atoms with E-state index in [4.69, 9.17) is 14.6 Å². The summed E-state index contributed by atoms with van der Waals surface area (Å²) in [5.74, 6) is -0.118. The van der Waals surface area contributed by atoms with E-state index in [0.717, 1.165) is 16.8 Å². The van der Waals surface area contributed by atoms with Crippen molar-refractivity contribution in [2.75, 3.05) is 32.2 Å². The summed E-state index contributed by atoms with van der Waals surface area (Å²) in [7, 11) is 1.40. The number of carbonyl (C=O) groups is 1. The molecule has 0 radical (unpaired) electrons. The number of benzene rings is 1. The second-order valence-corrected chi connectivity index (χ2v) is 8.21. The summed E-state index contributed by atoms with van der Waals surface area (Å²) in [6, 6.07) is 6.39. The minimum Gasteiger partial charge on any atom is -0.492 e. The molecule has 1 aromatic carbocycles. The maximum absolute atomic E-state index is 14.4. The quantitative estimate of drug-likeness (QED) is 0.254. The molecule has 184 valence electrons. The van der Waals surface area contributed by atoms with Crippen molar-refractivity contribution in [2.45, 2.75) is 26.2 Å². The zero-order valence-corrected chi connectivity index (χ0v) is 19.8. The van der Waals surface area contributed by atoms with E-state index in [9.17, 15) is 9.18 Å². The number of ether oxygens (including phenoxy) is 2. The van der Waals surface area contributed by atoms with E-state index in [1.54, 1.807) is 24.5 Å². The van der Waals surface area contributed by atoms with Crippen molar-refractivity contribution >= 4 is 17.3 Å². The molecule has 0 saturated heterocycles. The molecule has 0 aliphatic carbocycles. The predicted molar refractivity (Wildman–Crippen MR) is 132 cm³/mol. The van der Waals surface area contributed by atoms with Crippen LogP contribution in [0.15, 0.2) is 48.3 Å². The van der Waals surface area contributed by atoms with Crippen molar-refractivity contribution in [1.29, 1.82) is 0 Å². The zero-order chi connectivity index (χ0) is 24.8. The molecule has 3 heterocycles. The average molecular weight is 481 g/mol. The molecule has 4 rings (SSSR count). The molecule has 3 aromatic rings. The van der Waals surface area contributed by atoms with Gasteiger partial charge in [-0.05, 0) is 38.0 Å². The molecule has 1 amide bonds. The Kier molecular flexibility index (Phi) is 7.67. The summed E-state index contributed by atoms with van der Waals surface area (Å²) in [5, 5.41) is 15.2. The minimum atomic E-state index is -0.509. The first-order valence-corrected chi connectivity index (χ1v) is 11.5. The van der Waals surface area contributed by atoms with Crippen LogP contribution in [0.3, 0.4) is 0 Å². The number of pyridine rings is 1. The zero-order valence-electron chi connectivity index (χ0n) is 19.8. The number of halogens is 1. The maximum atomic E-state index is 14.4. The second kappa shape index (κ2) is 11.1.